The minimum absolute atomic E-state index is 0.0237. The number of nitrogens with zero attached hydrogens (tertiary/aromatic N) is 2. The third-order valence-electron chi connectivity index (χ3n) is 5.35. The number of hydrogen-bond acceptors (Lipinski definition) is 4. The Hall–Kier alpha value is -3.52. The van der Waals surface area contributed by atoms with Crippen LogP contribution in [0.5, 0.6) is 0 Å². The molecular weight excluding hydrogens is 423 g/mol. The number of anilines is 2. The molecule has 2 N–H and O–H groups in total. The van der Waals surface area contributed by atoms with E-state index >= 15 is 0 Å². The molecule has 1 aliphatic carbocycles. The number of halogens is 2. The lowest BCUT2D eigenvalue weighted by Crippen LogP contribution is -2.28. The van der Waals surface area contributed by atoms with Crippen molar-refractivity contribution < 1.29 is 14.0 Å². The van der Waals surface area contributed by atoms with Gasteiger partial charge in [-0.3, -0.25) is 19.0 Å². The van der Waals surface area contributed by atoms with Gasteiger partial charge in [-0.1, -0.05) is 17.7 Å². The van der Waals surface area contributed by atoms with Gasteiger partial charge in [0, 0.05) is 24.5 Å². The number of rotatable bonds is 5. The van der Waals surface area contributed by atoms with Gasteiger partial charge in [0.05, 0.1) is 27.7 Å². The molecule has 3 aromatic rings. The molecule has 2 atom stereocenters. The Bertz CT molecular complexity index is 1230. The standard InChI is InChI=1S/C22H18ClFN4O3/c1-22(11-15(22)20(30)27-18-8-5-13(23)12-25-18)21(31)26-17-7-6-14(10-16(17)24)28-9-3-2-4-19(28)29/h2-10,12,15H,11H2,1H3,(H,26,31)(H,25,27,30)/t15-,22?/m0/s1. The molecule has 4 rings (SSSR count). The summed E-state index contributed by atoms with van der Waals surface area (Å²) in [7, 11) is 0. The number of amides is 2. The van der Waals surface area contributed by atoms with Gasteiger partial charge < -0.3 is 10.6 Å². The van der Waals surface area contributed by atoms with Crippen LogP contribution in [0.1, 0.15) is 13.3 Å². The monoisotopic (exact) mass is 440 g/mol. The lowest BCUT2D eigenvalue weighted by atomic mass is 10.0. The number of hydrogen-bond donors (Lipinski definition) is 2. The maximum absolute atomic E-state index is 14.6. The Labute approximate surface area is 181 Å². The van der Waals surface area contributed by atoms with Crippen molar-refractivity contribution in [1.29, 1.82) is 0 Å². The summed E-state index contributed by atoms with van der Waals surface area (Å²) in [6.07, 6.45) is 3.27. The summed E-state index contributed by atoms with van der Waals surface area (Å²) < 4.78 is 15.9. The van der Waals surface area contributed by atoms with Crippen molar-refractivity contribution in [3.8, 4) is 5.69 Å². The third kappa shape index (κ3) is 4.20. The zero-order valence-corrected chi connectivity index (χ0v) is 17.2. The van der Waals surface area contributed by atoms with Crippen LogP contribution in [0.4, 0.5) is 15.9 Å². The van der Waals surface area contributed by atoms with Gasteiger partial charge >= 0.3 is 0 Å². The van der Waals surface area contributed by atoms with E-state index in [1.807, 2.05) is 0 Å². The van der Waals surface area contributed by atoms with Gasteiger partial charge in [0.15, 0.2) is 0 Å². The normalized spacial score (nSPS) is 19.5. The molecule has 1 unspecified atom stereocenters. The minimum Gasteiger partial charge on any atom is -0.323 e. The van der Waals surface area contributed by atoms with Crippen LogP contribution in [-0.2, 0) is 9.59 Å². The third-order valence-corrected chi connectivity index (χ3v) is 5.58. The summed E-state index contributed by atoms with van der Waals surface area (Å²) in [5.74, 6) is -1.71. The summed E-state index contributed by atoms with van der Waals surface area (Å²) in [5.41, 5.74) is -0.943. The van der Waals surface area contributed by atoms with Crippen molar-refractivity contribution in [2.45, 2.75) is 13.3 Å². The molecule has 0 saturated heterocycles. The van der Waals surface area contributed by atoms with E-state index in [2.05, 4.69) is 15.6 Å². The van der Waals surface area contributed by atoms with E-state index in [9.17, 15) is 18.8 Å². The molecule has 1 aromatic carbocycles. The van der Waals surface area contributed by atoms with Crippen molar-refractivity contribution in [2.75, 3.05) is 10.6 Å². The van der Waals surface area contributed by atoms with Crippen LogP contribution in [0.2, 0.25) is 5.02 Å². The largest absolute Gasteiger partial charge is 0.323 e. The SMILES string of the molecule is CC1(C(=O)Nc2ccc(-n3ccccc3=O)cc2F)C[C@H]1C(=O)Nc1ccc(Cl)cn1. The van der Waals surface area contributed by atoms with Crippen LogP contribution >= 0.6 is 11.6 Å². The summed E-state index contributed by atoms with van der Waals surface area (Å²) >= 11 is 5.78. The Morgan fingerprint density at radius 2 is 2.00 bits per heavy atom. The van der Waals surface area contributed by atoms with Crippen LogP contribution < -0.4 is 16.2 Å². The van der Waals surface area contributed by atoms with Crippen LogP contribution in [-0.4, -0.2) is 21.4 Å². The fourth-order valence-electron chi connectivity index (χ4n) is 3.32. The first-order valence-corrected chi connectivity index (χ1v) is 9.87. The fourth-order valence-corrected chi connectivity index (χ4v) is 3.43. The second-order valence-electron chi connectivity index (χ2n) is 7.55. The van der Waals surface area contributed by atoms with Crippen LogP contribution in [0, 0.1) is 17.2 Å². The Kier molecular flexibility index (Phi) is 5.32. The number of pyridine rings is 2. The van der Waals surface area contributed by atoms with E-state index in [0.717, 1.165) is 0 Å². The lowest BCUT2D eigenvalue weighted by Gasteiger charge is -2.14. The molecule has 1 fully saturated rings. The number of carbonyl (C=O) groups excluding carboxylic acids is 2. The number of nitrogens with one attached hydrogen (secondary N) is 2. The van der Waals surface area contributed by atoms with Gasteiger partial charge in [0.25, 0.3) is 5.56 Å². The highest BCUT2D eigenvalue weighted by Crippen LogP contribution is 2.53. The number of benzene rings is 1. The van der Waals surface area contributed by atoms with E-state index in [4.69, 9.17) is 11.6 Å². The molecule has 0 spiro atoms. The molecule has 1 saturated carbocycles. The van der Waals surface area contributed by atoms with Crippen LogP contribution in [0.3, 0.4) is 0 Å². The quantitative estimate of drug-likeness (QED) is 0.633. The van der Waals surface area contributed by atoms with Gasteiger partial charge in [-0.2, -0.15) is 0 Å². The predicted molar refractivity (Wildman–Crippen MR) is 115 cm³/mol. The van der Waals surface area contributed by atoms with Crippen molar-refractivity contribution >= 4 is 34.9 Å². The Morgan fingerprint density at radius 1 is 1.19 bits per heavy atom. The molecule has 158 valence electrons. The number of aromatic nitrogens is 2. The Balaban J connectivity index is 1.43. The maximum atomic E-state index is 14.6. The minimum atomic E-state index is -0.960. The van der Waals surface area contributed by atoms with Gasteiger partial charge in [-0.25, -0.2) is 9.37 Å². The van der Waals surface area contributed by atoms with E-state index in [0.29, 0.717) is 22.9 Å². The average molecular weight is 441 g/mol. The van der Waals surface area contributed by atoms with Gasteiger partial charge in [-0.05, 0) is 43.7 Å². The summed E-state index contributed by atoms with van der Waals surface area (Å²) in [4.78, 5) is 41.1. The highest BCUT2D eigenvalue weighted by atomic mass is 35.5. The van der Waals surface area contributed by atoms with Gasteiger partial charge in [0.1, 0.15) is 11.6 Å². The molecule has 9 heteroatoms. The molecule has 2 amide bonds. The molecule has 31 heavy (non-hydrogen) atoms. The topological polar surface area (TPSA) is 93.1 Å². The molecule has 2 heterocycles. The molecule has 0 bridgehead atoms. The first kappa shape index (κ1) is 20.7. The lowest BCUT2D eigenvalue weighted by molar-refractivity contribution is -0.125. The van der Waals surface area contributed by atoms with Crippen molar-refractivity contribution in [3.63, 3.8) is 0 Å². The molecule has 7 nitrogen and oxygen atoms in total. The van der Waals surface area contributed by atoms with E-state index in [1.54, 1.807) is 31.2 Å². The maximum Gasteiger partial charge on any atom is 0.255 e. The number of carbonyl (C=O) groups is 2. The Morgan fingerprint density at radius 3 is 2.68 bits per heavy atom. The summed E-state index contributed by atoms with van der Waals surface area (Å²) in [6.45, 7) is 1.65. The van der Waals surface area contributed by atoms with Gasteiger partial charge in [0.2, 0.25) is 11.8 Å². The highest BCUT2D eigenvalue weighted by molar-refractivity contribution is 6.30. The van der Waals surface area contributed by atoms with Crippen molar-refractivity contribution in [2.24, 2.45) is 11.3 Å². The molecule has 0 radical (unpaired) electrons. The van der Waals surface area contributed by atoms with E-state index in [1.165, 1.54) is 41.2 Å². The second-order valence-corrected chi connectivity index (χ2v) is 7.99. The van der Waals surface area contributed by atoms with Crippen LogP contribution in [0.25, 0.3) is 5.69 Å². The van der Waals surface area contributed by atoms with E-state index in [-0.39, 0.29) is 17.2 Å². The summed E-state index contributed by atoms with van der Waals surface area (Å²) in [5, 5.41) is 5.64. The molecular formula is C22H18ClFN4O3. The van der Waals surface area contributed by atoms with Crippen molar-refractivity contribution in [1.82, 2.24) is 9.55 Å². The molecule has 2 aromatic heterocycles. The first-order valence-electron chi connectivity index (χ1n) is 9.49. The first-order chi connectivity index (χ1) is 14.8. The predicted octanol–water partition coefficient (Wildman–Crippen LogP) is 3.63. The highest BCUT2D eigenvalue weighted by Gasteiger charge is 2.60. The van der Waals surface area contributed by atoms with Crippen molar-refractivity contribution in [3.05, 3.63) is 82.1 Å². The zero-order valence-electron chi connectivity index (χ0n) is 16.4. The van der Waals surface area contributed by atoms with E-state index < -0.39 is 23.1 Å². The smallest absolute Gasteiger partial charge is 0.255 e. The second kappa shape index (κ2) is 7.96. The van der Waals surface area contributed by atoms with Crippen LogP contribution in [0.15, 0.2) is 65.7 Å². The fraction of sp³-hybridized carbons (Fsp3) is 0.182. The molecule has 0 aliphatic heterocycles. The summed E-state index contributed by atoms with van der Waals surface area (Å²) in [6, 6.07) is 11.9. The zero-order chi connectivity index (χ0) is 22.2. The molecule has 1 aliphatic rings. The van der Waals surface area contributed by atoms with Gasteiger partial charge in [-0.15, -0.1) is 0 Å². The average Bonchev–Trinajstić information content (AvgIpc) is 3.45.